The molecule has 0 amide bonds. The Morgan fingerprint density at radius 3 is 1.80 bits per heavy atom. The van der Waals surface area contributed by atoms with Crippen LogP contribution in [0.2, 0.25) is 0 Å². The van der Waals surface area contributed by atoms with E-state index in [1.807, 2.05) is 0 Å². The van der Waals surface area contributed by atoms with Gasteiger partial charge in [0, 0.05) is 13.2 Å². The van der Waals surface area contributed by atoms with Gasteiger partial charge in [-0.25, -0.2) is 0 Å². The Bertz CT molecular complexity index is 146. The molecule has 2 nitrogen and oxygen atoms in total. The third-order valence-corrected chi connectivity index (χ3v) is 3.36. The molecule has 0 saturated heterocycles. The van der Waals surface area contributed by atoms with E-state index < -0.39 is 0 Å². The molecule has 0 fully saturated rings. The predicted octanol–water partition coefficient (Wildman–Crippen LogP) is 3.20. The topological polar surface area (TPSA) is 35.2 Å². The summed E-state index contributed by atoms with van der Waals surface area (Å²) in [5.74, 6) is 0. The fraction of sp³-hybridized carbons (Fsp3) is 1.00. The summed E-state index contributed by atoms with van der Waals surface area (Å²) >= 11 is 0. The largest absolute Gasteiger partial charge is 0.381 e. The van der Waals surface area contributed by atoms with Crippen LogP contribution in [0.1, 0.15) is 53.9 Å². The van der Waals surface area contributed by atoms with E-state index in [4.69, 9.17) is 10.5 Å². The third kappa shape index (κ3) is 7.80. The van der Waals surface area contributed by atoms with Gasteiger partial charge in [-0.2, -0.15) is 0 Å². The first-order chi connectivity index (χ1) is 6.83. The molecule has 0 aromatic carbocycles. The summed E-state index contributed by atoms with van der Waals surface area (Å²) in [4.78, 5) is 0. The fourth-order valence-electron chi connectivity index (χ4n) is 1.08. The Hall–Kier alpha value is -0.0800. The highest BCUT2D eigenvalue weighted by atomic mass is 16.5. The van der Waals surface area contributed by atoms with E-state index in [1.165, 1.54) is 6.42 Å². The van der Waals surface area contributed by atoms with Crippen molar-refractivity contribution in [2.45, 2.75) is 53.9 Å². The minimum atomic E-state index is 0.222. The normalized spacial score (nSPS) is 13.2. The van der Waals surface area contributed by atoms with Crippen LogP contribution < -0.4 is 5.73 Å². The van der Waals surface area contributed by atoms with Gasteiger partial charge >= 0.3 is 0 Å². The van der Waals surface area contributed by atoms with Crippen molar-refractivity contribution in [1.29, 1.82) is 0 Å². The summed E-state index contributed by atoms with van der Waals surface area (Å²) < 4.78 is 5.65. The van der Waals surface area contributed by atoms with Crippen LogP contribution in [0.4, 0.5) is 0 Å². The average molecular weight is 215 g/mol. The van der Waals surface area contributed by atoms with Crippen LogP contribution >= 0.6 is 0 Å². The molecule has 0 aliphatic rings. The molecule has 15 heavy (non-hydrogen) atoms. The van der Waals surface area contributed by atoms with Gasteiger partial charge in [0.2, 0.25) is 0 Å². The number of hydrogen-bond acceptors (Lipinski definition) is 2. The van der Waals surface area contributed by atoms with E-state index in [0.717, 1.165) is 32.6 Å². The van der Waals surface area contributed by atoms with Crippen LogP contribution in [0.5, 0.6) is 0 Å². The molecule has 0 radical (unpaired) electrons. The fourth-order valence-corrected chi connectivity index (χ4v) is 1.08. The van der Waals surface area contributed by atoms with Crippen LogP contribution in [0.25, 0.3) is 0 Å². The van der Waals surface area contributed by atoms with Crippen molar-refractivity contribution < 1.29 is 4.74 Å². The highest BCUT2D eigenvalue weighted by Gasteiger charge is 2.16. The van der Waals surface area contributed by atoms with E-state index >= 15 is 0 Å². The molecule has 0 rings (SSSR count). The molecule has 0 heterocycles. The van der Waals surface area contributed by atoms with Crippen molar-refractivity contribution in [2.75, 3.05) is 19.8 Å². The average Bonchev–Trinajstić information content (AvgIpc) is 2.17. The molecule has 0 aromatic rings. The minimum absolute atomic E-state index is 0.222. The summed E-state index contributed by atoms with van der Waals surface area (Å²) in [7, 11) is 0. The Morgan fingerprint density at radius 2 is 1.40 bits per heavy atom. The van der Waals surface area contributed by atoms with Gasteiger partial charge in [0.25, 0.3) is 0 Å². The maximum absolute atomic E-state index is 5.66. The van der Waals surface area contributed by atoms with Gasteiger partial charge in [0.1, 0.15) is 0 Å². The molecule has 0 saturated carbocycles. The second-order valence-electron chi connectivity index (χ2n) is 6.00. The third-order valence-electron chi connectivity index (χ3n) is 3.36. The molecule has 0 atom stereocenters. The number of ether oxygens (including phenoxy) is 1. The van der Waals surface area contributed by atoms with Gasteiger partial charge in [0.15, 0.2) is 0 Å². The quantitative estimate of drug-likeness (QED) is 0.631. The summed E-state index contributed by atoms with van der Waals surface area (Å²) in [5.41, 5.74) is 6.30. The van der Waals surface area contributed by atoms with Crippen molar-refractivity contribution in [3.8, 4) is 0 Å². The SMILES string of the molecule is CCC(C)(C)CCOCCC(C)(C)CN. The van der Waals surface area contributed by atoms with Gasteiger partial charge < -0.3 is 10.5 Å². The summed E-state index contributed by atoms with van der Waals surface area (Å²) in [6.45, 7) is 13.6. The molecule has 0 spiro atoms. The Balaban J connectivity index is 3.48. The molecule has 2 N–H and O–H groups in total. The number of nitrogens with two attached hydrogens (primary N) is 1. The van der Waals surface area contributed by atoms with Crippen LogP contribution in [0, 0.1) is 10.8 Å². The minimum Gasteiger partial charge on any atom is -0.381 e. The van der Waals surface area contributed by atoms with E-state index in [1.54, 1.807) is 0 Å². The zero-order valence-electron chi connectivity index (χ0n) is 11.2. The van der Waals surface area contributed by atoms with Crippen molar-refractivity contribution in [1.82, 2.24) is 0 Å². The first kappa shape index (κ1) is 14.9. The maximum atomic E-state index is 5.66. The molecule has 2 heteroatoms. The first-order valence-corrected chi connectivity index (χ1v) is 6.11. The van der Waals surface area contributed by atoms with Gasteiger partial charge in [-0.05, 0) is 30.2 Å². The Labute approximate surface area is 95.6 Å². The molecule has 0 aromatic heterocycles. The Kier molecular flexibility index (Phi) is 6.46. The molecule has 0 unspecified atom stereocenters. The molecule has 0 bridgehead atoms. The smallest absolute Gasteiger partial charge is 0.0471 e. The van der Waals surface area contributed by atoms with Crippen LogP contribution in [-0.2, 0) is 4.74 Å². The van der Waals surface area contributed by atoms with Crippen molar-refractivity contribution in [2.24, 2.45) is 16.6 Å². The van der Waals surface area contributed by atoms with E-state index in [9.17, 15) is 0 Å². The van der Waals surface area contributed by atoms with Crippen molar-refractivity contribution in [3.05, 3.63) is 0 Å². The summed E-state index contributed by atoms with van der Waals surface area (Å²) in [6.07, 6.45) is 3.41. The number of rotatable bonds is 8. The van der Waals surface area contributed by atoms with Gasteiger partial charge in [-0.3, -0.25) is 0 Å². The standard InChI is InChI=1S/C13H29NO/c1-6-12(2,3)7-9-15-10-8-13(4,5)11-14/h6-11,14H2,1-5H3. The van der Waals surface area contributed by atoms with Gasteiger partial charge in [-0.15, -0.1) is 0 Å². The van der Waals surface area contributed by atoms with Crippen LogP contribution in [-0.4, -0.2) is 19.8 Å². The van der Waals surface area contributed by atoms with E-state index in [-0.39, 0.29) is 5.41 Å². The second kappa shape index (κ2) is 6.49. The highest BCUT2D eigenvalue weighted by Crippen LogP contribution is 2.24. The Morgan fingerprint density at radius 1 is 0.933 bits per heavy atom. The van der Waals surface area contributed by atoms with Crippen LogP contribution in [0.3, 0.4) is 0 Å². The molecule has 0 aliphatic carbocycles. The van der Waals surface area contributed by atoms with Crippen molar-refractivity contribution in [3.63, 3.8) is 0 Å². The maximum Gasteiger partial charge on any atom is 0.0471 e. The summed E-state index contributed by atoms with van der Waals surface area (Å²) in [6, 6.07) is 0. The van der Waals surface area contributed by atoms with Gasteiger partial charge in [0.05, 0.1) is 0 Å². The van der Waals surface area contributed by atoms with Crippen LogP contribution in [0.15, 0.2) is 0 Å². The number of hydrogen-bond donors (Lipinski definition) is 1. The lowest BCUT2D eigenvalue weighted by molar-refractivity contribution is 0.0820. The van der Waals surface area contributed by atoms with Crippen molar-refractivity contribution >= 4 is 0 Å². The summed E-state index contributed by atoms with van der Waals surface area (Å²) in [5, 5.41) is 0. The first-order valence-electron chi connectivity index (χ1n) is 6.11. The molecular formula is C13H29NO. The van der Waals surface area contributed by atoms with E-state index in [0.29, 0.717) is 5.41 Å². The lowest BCUT2D eigenvalue weighted by Crippen LogP contribution is -2.25. The zero-order valence-corrected chi connectivity index (χ0v) is 11.2. The lowest BCUT2D eigenvalue weighted by Gasteiger charge is -2.24. The van der Waals surface area contributed by atoms with E-state index in [2.05, 4.69) is 34.6 Å². The zero-order chi connectivity index (χ0) is 11.9. The predicted molar refractivity (Wildman–Crippen MR) is 67.0 cm³/mol. The molecule has 92 valence electrons. The monoisotopic (exact) mass is 215 g/mol. The second-order valence-corrected chi connectivity index (χ2v) is 6.00. The molecule has 0 aliphatic heterocycles. The van der Waals surface area contributed by atoms with Gasteiger partial charge in [-0.1, -0.05) is 41.0 Å². The lowest BCUT2D eigenvalue weighted by atomic mass is 9.87. The highest BCUT2D eigenvalue weighted by molar-refractivity contribution is 4.69. The molecular weight excluding hydrogens is 186 g/mol.